The van der Waals surface area contributed by atoms with E-state index in [-0.39, 0.29) is 12.4 Å². The van der Waals surface area contributed by atoms with Crippen LogP contribution >= 0.6 is 0 Å². The maximum atomic E-state index is 12.4. The topological polar surface area (TPSA) is 61.8 Å². The van der Waals surface area contributed by atoms with E-state index in [2.05, 4.69) is 9.22 Å². The molecule has 0 atom stereocenters. The van der Waals surface area contributed by atoms with Gasteiger partial charge in [-0.2, -0.15) is 8.42 Å². The van der Waals surface area contributed by atoms with Crippen LogP contribution in [0, 0.1) is 0 Å². The summed E-state index contributed by atoms with van der Waals surface area (Å²) in [4.78, 5) is 4.62. The fourth-order valence-electron chi connectivity index (χ4n) is 3.68. The molecule has 4 aromatic carbocycles. The molecule has 4 rings (SSSR count). The van der Waals surface area contributed by atoms with Gasteiger partial charge in [-0.15, -0.1) is 0 Å². The zero-order chi connectivity index (χ0) is 23.8. The normalized spacial score (nSPS) is 11.1. The Labute approximate surface area is 200 Å². The first-order chi connectivity index (χ1) is 16.6. The van der Waals surface area contributed by atoms with E-state index in [9.17, 15) is 8.42 Å². The van der Waals surface area contributed by atoms with Crippen LogP contribution < -0.4 is 4.18 Å². The second-order valence-electron chi connectivity index (χ2n) is 7.31. The summed E-state index contributed by atoms with van der Waals surface area (Å²) < 4.78 is 34.6. The summed E-state index contributed by atoms with van der Waals surface area (Å²) in [5, 5.41) is 0. The van der Waals surface area contributed by atoms with Crippen LogP contribution in [0.1, 0.15) is 29.2 Å². The SMILES string of the molecule is CCOOS(=O)(=O)Oc1ccccc1C(=C(c1ccccc1)c1ccccc1)c1ccccc1. The second kappa shape index (κ2) is 10.9. The van der Waals surface area contributed by atoms with Gasteiger partial charge in [-0.25, -0.2) is 4.89 Å². The first-order valence-electron chi connectivity index (χ1n) is 10.8. The molecule has 0 bridgehead atoms. The molecular weight excluding hydrogens is 448 g/mol. The van der Waals surface area contributed by atoms with Crippen molar-refractivity contribution >= 4 is 21.5 Å². The Morgan fingerprint density at radius 3 is 1.56 bits per heavy atom. The summed E-state index contributed by atoms with van der Waals surface area (Å²) in [5.41, 5.74) is 5.22. The van der Waals surface area contributed by atoms with E-state index in [1.165, 1.54) is 0 Å². The molecule has 6 heteroatoms. The second-order valence-corrected chi connectivity index (χ2v) is 8.43. The first kappa shape index (κ1) is 23.4. The molecule has 0 aromatic heterocycles. The Morgan fingerprint density at radius 2 is 1.06 bits per heavy atom. The zero-order valence-electron chi connectivity index (χ0n) is 18.6. The van der Waals surface area contributed by atoms with Gasteiger partial charge in [0, 0.05) is 11.1 Å². The molecule has 0 amide bonds. The molecule has 5 nitrogen and oxygen atoms in total. The quantitative estimate of drug-likeness (QED) is 0.163. The molecule has 0 unspecified atom stereocenters. The van der Waals surface area contributed by atoms with Gasteiger partial charge in [0.2, 0.25) is 0 Å². The highest BCUT2D eigenvalue weighted by atomic mass is 32.3. The van der Waals surface area contributed by atoms with Crippen LogP contribution in [0.25, 0.3) is 11.1 Å². The van der Waals surface area contributed by atoms with Crippen molar-refractivity contribution in [1.82, 2.24) is 0 Å². The van der Waals surface area contributed by atoms with E-state index in [0.29, 0.717) is 5.56 Å². The zero-order valence-corrected chi connectivity index (χ0v) is 19.4. The number of hydrogen-bond donors (Lipinski definition) is 0. The monoisotopic (exact) mass is 472 g/mol. The van der Waals surface area contributed by atoms with Gasteiger partial charge in [0.05, 0.1) is 6.61 Å². The van der Waals surface area contributed by atoms with Gasteiger partial charge in [-0.3, -0.25) is 0 Å². The van der Waals surface area contributed by atoms with Crippen LogP contribution in [-0.4, -0.2) is 15.0 Å². The lowest BCUT2D eigenvalue weighted by molar-refractivity contribution is -0.202. The van der Waals surface area contributed by atoms with Gasteiger partial charge >= 0.3 is 10.4 Å². The van der Waals surface area contributed by atoms with Crippen LogP contribution in [0.2, 0.25) is 0 Å². The summed E-state index contributed by atoms with van der Waals surface area (Å²) in [5.74, 6) is 0.130. The van der Waals surface area contributed by atoms with E-state index in [0.717, 1.165) is 27.8 Å². The highest BCUT2D eigenvalue weighted by molar-refractivity contribution is 7.82. The van der Waals surface area contributed by atoms with E-state index < -0.39 is 10.4 Å². The van der Waals surface area contributed by atoms with Gasteiger partial charge in [-0.05, 0) is 35.3 Å². The number of para-hydroxylation sites is 1. The minimum atomic E-state index is -4.43. The molecule has 0 aliphatic heterocycles. The summed E-state index contributed by atoms with van der Waals surface area (Å²) >= 11 is 0. The lowest BCUT2D eigenvalue weighted by Crippen LogP contribution is -2.14. The van der Waals surface area contributed by atoms with Gasteiger partial charge in [0.15, 0.2) is 5.75 Å². The molecule has 0 fully saturated rings. The molecule has 0 spiro atoms. The van der Waals surface area contributed by atoms with Gasteiger partial charge < -0.3 is 4.18 Å². The van der Waals surface area contributed by atoms with Crippen molar-refractivity contribution in [2.24, 2.45) is 0 Å². The number of hydrogen-bond acceptors (Lipinski definition) is 5. The minimum Gasteiger partial charge on any atom is -0.359 e. The summed E-state index contributed by atoms with van der Waals surface area (Å²) in [6.07, 6.45) is 0. The molecule has 0 aliphatic carbocycles. The van der Waals surface area contributed by atoms with Crippen LogP contribution in [0.5, 0.6) is 5.75 Å². The van der Waals surface area contributed by atoms with Crippen molar-refractivity contribution in [2.45, 2.75) is 6.92 Å². The maximum Gasteiger partial charge on any atom is 0.476 e. The average molecular weight is 473 g/mol. The molecule has 0 saturated carbocycles. The molecule has 0 N–H and O–H groups in total. The third-order valence-corrected chi connectivity index (χ3v) is 5.68. The van der Waals surface area contributed by atoms with E-state index in [1.54, 1.807) is 19.1 Å². The summed E-state index contributed by atoms with van der Waals surface area (Å²) in [7, 11) is -4.43. The van der Waals surface area contributed by atoms with Crippen molar-refractivity contribution in [3.8, 4) is 5.75 Å². The first-order valence-corrected chi connectivity index (χ1v) is 12.2. The molecule has 0 saturated heterocycles. The van der Waals surface area contributed by atoms with Crippen LogP contribution in [-0.2, 0) is 19.6 Å². The fourth-order valence-corrected chi connectivity index (χ4v) is 4.29. The average Bonchev–Trinajstić information content (AvgIpc) is 2.88. The van der Waals surface area contributed by atoms with E-state index in [1.807, 2.05) is 103 Å². The fraction of sp³-hybridized carbons (Fsp3) is 0.0714. The predicted octanol–water partition coefficient (Wildman–Crippen LogP) is 6.29. The van der Waals surface area contributed by atoms with Gasteiger partial charge in [-0.1, -0.05) is 114 Å². The number of rotatable bonds is 9. The smallest absolute Gasteiger partial charge is 0.359 e. The molecule has 34 heavy (non-hydrogen) atoms. The Hall–Kier alpha value is -3.71. The largest absolute Gasteiger partial charge is 0.476 e. The van der Waals surface area contributed by atoms with E-state index >= 15 is 0 Å². The molecule has 0 radical (unpaired) electrons. The van der Waals surface area contributed by atoms with E-state index in [4.69, 9.17) is 4.18 Å². The molecule has 172 valence electrons. The van der Waals surface area contributed by atoms with Gasteiger partial charge in [0.25, 0.3) is 0 Å². The van der Waals surface area contributed by atoms with Crippen LogP contribution in [0.3, 0.4) is 0 Å². The van der Waals surface area contributed by atoms with Gasteiger partial charge in [0.1, 0.15) is 0 Å². The van der Waals surface area contributed by atoms with Crippen molar-refractivity contribution in [3.63, 3.8) is 0 Å². The van der Waals surface area contributed by atoms with Crippen molar-refractivity contribution in [2.75, 3.05) is 6.61 Å². The summed E-state index contributed by atoms with van der Waals surface area (Å²) in [6, 6.07) is 36.7. The predicted molar refractivity (Wildman–Crippen MR) is 133 cm³/mol. The third kappa shape index (κ3) is 5.61. The Kier molecular flexibility index (Phi) is 7.54. The Bertz CT molecular complexity index is 1310. The van der Waals surface area contributed by atoms with Crippen molar-refractivity contribution < 1.29 is 21.8 Å². The van der Waals surface area contributed by atoms with Crippen molar-refractivity contribution in [1.29, 1.82) is 0 Å². The van der Waals surface area contributed by atoms with Crippen molar-refractivity contribution in [3.05, 3.63) is 138 Å². The minimum absolute atomic E-state index is 0.0611. The standard InChI is InChI=1S/C28H24O5S/c1-2-31-33-34(29,30)32-26-21-13-12-20-25(26)28(24-18-10-5-11-19-24)27(22-14-6-3-7-15-22)23-16-8-4-9-17-23/h3-21H,2H2,1H3. The maximum absolute atomic E-state index is 12.4. The Morgan fingerprint density at radius 1 is 0.618 bits per heavy atom. The molecule has 0 aliphatic rings. The van der Waals surface area contributed by atoms with Crippen LogP contribution in [0.15, 0.2) is 115 Å². The molecular formula is C28H24O5S. The Balaban J connectivity index is 2.02. The number of benzene rings is 4. The highest BCUT2D eigenvalue weighted by Gasteiger charge is 2.23. The van der Waals surface area contributed by atoms with Crippen LogP contribution in [0.4, 0.5) is 0 Å². The lowest BCUT2D eigenvalue weighted by Gasteiger charge is -2.20. The molecule has 4 aromatic rings. The highest BCUT2D eigenvalue weighted by Crippen LogP contribution is 2.40. The molecule has 0 heterocycles. The third-order valence-electron chi connectivity index (χ3n) is 5.03. The lowest BCUT2D eigenvalue weighted by atomic mass is 9.85. The summed E-state index contributed by atoms with van der Waals surface area (Å²) in [6.45, 7) is 1.68.